The van der Waals surface area contributed by atoms with Crippen molar-refractivity contribution in [1.29, 1.82) is 0 Å². The molecule has 1 atom stereocenters. The zero-order valence-electron chi connectivity index (χ0n) is 10.9. The van der Waals surface area contributed by atoms with E-state index in [2.05, 4.69) is 0 Å². The molecule has 0 aliphatic rings. The molecular formula is C16H15FO2. The first-order chi connectivity index (χ1) is 9.04. The largest absolute Gasteiger partial charge is 0.450 e. The lowest BCUT2D eigenvalue weighted by Crippen LogP contribution is -2.30. The molecule has 0 heterocycles. The van der Waals surface area contributed by atoms with Crippen LogP contribution in [-0.4, -0.2) is 5.97 Å². The van der Waals surface area contributed by atoms with E-state index in [1.54, 1.807) is 25.1 Å². The smallest absolute Gasteiger partial charge is 0.303 e. The Morgan fingerprint density at radius 1 is 1.05 bits per heavy atom. The number of carbonyl (C=O) groups excluding carboxylic acids is 1. The van der Waals surface area contributed by atoms with E-state index in [0.29, 0.717) is 5.56 Å². The summed E-state index contributed by atoms with van der Waals surface area (Å²) in [4.78, 5) is 11.4. The van der Waals surface area contributed by atoms with E-state index >= 15 is 0 Å². The molecule has 0 fully saturated rings. The third-order valence-corrected chi connectivity index (χ3v) is 3.06. The SMILES string of the molecule is CC(=O)O[C@@](C)(c1ccccc1)c1ccccc1F. The van der Waals surface area contributed by atoms with Crippen LogP contribution in [0.4, 0.5) is 4.39 Å². The fraction of sp³-hybridized carbons (Fsp3) is 0.188. The standard InChI is InChI=1S/C16H15FO2/c1-12(18)19-16(2,13-8-4-3-5-9-13)14-10-6-7-11-15(14)17/h3-11H,1-2H3/t16-/m0/s1. The van der Waals surface area contributed by atoms with Crippen LogP contribution in [0.2, 0.25) is 0 Å². The molecule has 0 amide bonds. The quantitative estimate of drug-likeness (QED) is 0.785. The van der Waals surface area contributed by atoms with E-state index in [4.69, 9.17) is 4.74 Å². The first-order valence-corrected chi connectivity index (χ1v) is 6.04. The summed E-state index contributed by atoms with van der Waals surface area (Å²) in [5.74, 6) is -0.843. The Labute approximate surface area is 111 Å². The van der Waals surface area contributed by atoms with E-state index in [1.165, 1.54) is 13.0 Å². The van der Waals surface area contributed by atoms with Crippen molar-refractivity contribution in [3.05, 3.63) is 71.5 Å². The second kappa shape index (κ2) is 5.22. The second-order valence-electron chi connectivity index (χ2n) is 4.47. The van der Waals surface area contributed by atoms with E-state index in [0.717, 1.165) is 5.56 Å². The molecule has 0 saturated carbocycles. The number of carbonyl (C=O) groups is 1. The van der Waals surface area contributed by atoms with Gasteiger partial charge < -0.3 is 4.74 Å². The molecule has 19 heavy (non-hydrogen) atoms. The molecule has 0 radical (unpaired) electrons. The summed E-state index contributed by atoms with van der Waals surface area (Å²) < 4.78 is 19.4. The van der Waals surface area contributed by atoms with Crippen molar-refractivity contribution in [3.8, 4) is 0 Å². The first kappa shape index (κ1) is 13.3. The highest BCUT2D eigenvalue weighted by atomic mass is 19.1. The van der Waals surface area contributed by atoms with E-state index in [9.17, 15) is 9.18 Å². The predicted molar refractivity (Wildman–Crippen MR) is 71.1 cm³/mol. The van der Waals surface area contributed by atoms with Gasteiger partial charge in [0.25, 0.3) is 0 Å². The van der Waals surface area contributed by atoms with Crippen LogP contribution in [-0.2, 0) is 15.1 Å². The molecule has 0 bridgehead atoms. The average molecular weight is 258 g/mol. The van der Waals surface area contributed by atoms with Crippen molar-refractivity contribution in [2.45, 2.75) is 19.4 Å². The van der Waals surface area contributed by atoms with Crippen LogP contribution < -0.4 is 0 Å². The summed E-state index contributed by atoms with van der Waals surface area (Å²) in [6.07, 6.45) is 0. The first-order valence-electron chi connectivity index (χ1n) is 6.04. The van der Waals surface area contributed by atoms with Crippen LogP contribution in [0.1, 0.15) is 25.0 Å². The molecule has 2 nitrogen and oxygen atoms in total. The lowest BCUT2D eigenvalue weighted by Gasteiger charge is -2.30. The molecule has 3 heteroatoms. The molecule has 2 aromatic carbocycles. The maximum Gasteiger partial charge on any atom is 0.303 e. The van der Waals surface area contributed by atoms with E-state index in [1.807, 2.05) is 30.3 Å². The minimum absolute atomic E-state index is 0.344. The Morgan fingerprint density at radius 2 is 1.63 bits per heavy atom. The van der Waals surface area contributed by atoms with Gasteiger partial charge in [0, 0.05) is 12.5 Å². The third kappa shape index (κ3) is 2.65. The molecule has 0 saturated heterocycles. The van der Waals surface area contributed by atoms with Crippen molar-refractivity contribution in [3.63, 3.8) is 0 Å². The Bertz CT molecular complexity index is 580. The van der Waals surface area contributed by atoms with Gasteiger partial charge in [-0.15, -0.1) is 0 Å². The molecular weight excluding hydrogens is 243 g/mol. The number of benzene rings is 2. The Morgan fingerprint density at radius 3 is 2.21 bits per heavy atom. The van der Waals surface area contributed by atoms with Crippen LogP contribution in [0.25, 0.3) is 0 Å². The molecule has 0 aliphatic carbocycles. The van der Waals surface area contributed by atoms with Crippen molar-refractivity contribution < 1.29 is 13.9 Å². The topological polar surface area (TPSA) is 26.3 Å². The van der Waals surface area contributed by atoms with Gasteiger partial charge in [-0.05, 0) is 18.6 Å². The van der Waals surface area contributed by atoms with Gasteiger partial charge in [-0.25, -0.2) is 4.39 Å². The van der Waals surface area contributed by atoms with Gasteiger partial charge in [0.1, 0.15) is 5.82 Å². The van der Waals surface area contributed by atoms with Gasteiger partial charge in [-0.2, -0.15) is 0 Å². The van der Waals surface area contributed by atoms with Crippen LogP contribution >= 0.6 is 0 Å². The zero-order valence-corrected chi connectivity index (χ0v) is 10.9. The van der Waals surface area contributed by atoms with Crippen molar-refractivity contribution in [1.82, 2.24) is 0 Å². The molecule has 0 N–H and O–H groups in total. The Kier molecular flexibility index (Phi) is 3.65. The predicted octanol–water partition coefficient (Wildman–Crippen LogP) is 3.65. The van der Waals surface area contributed by atoms with Crippen LogP contribution in [0.15, 0.2) is 54.6 Å². The minimum atomic E-state index is -1.13. The lowest BCUT2D eigenvalue weighted by molar-refractivity contribution is -0.152. The van der Waals surface area contributed by atoms with Crippen molar-refractivity contribution in [2.24, 2.45) is 0 Å². The number of hydrogen-bond acceptors (Lipinski definition) is 2. The average Bonchev–Trinajstić information content (AvgIpc) is 2.39. The van der Waals surface area contributed by atoms with Gasteiger partial charge in [0.05, 0.1) is 0 Å². The Balaban J connectivity index is 2.59. The molecule has 0 spiro atoms. The summed E-state index contributed by atoms with van der Waals surface area (Å²) in [5, 5.41) is 0. The minimum Gasteiger partial charge on any atom is -0.450 e. The van der Waals surface area contributed by atoms with Gasteiger partial charge in [-0.1, -0.05) is 48.5 Å². The van der Waals surface area contributed by atoms with Crippen LogP contribution in [0.3, 0.4) is 0 Å². The summed E-state index contributed by atoms with van der Waals surface area (Å²) in [7, 11) is 0. The van der Waals surface area contributed by atoms with Gasteiger partial charge in [0.15, 0.2) is 5.60 Å². The molecule has 2 rings (SSSR count). The number of rotatable bonds is 3. The third-order valence-electron chi connectivity index (χ3n) is 3.06. The van der Waals surface area contributed by atoms with Crippen molar-refractivity contribution >= 4 is 5.97 Å². The maximum atomic E-state index is 14.0. The summed E-state index contributed by atoms with van der Waals surface area (Å²) in [6.45, 7) is 3.02. The van der Waals surface area contributed by atoms with Gasteiger partial charge in [-0.3, -0.25) is 4.79 Å². The van der Waals surface area contributed by atoms with Gasteiger partial charge in [0.2, 0.25) is 0 Å². The number of ether oxygens (including phenoxy) is 1. The number of hydrogen-bond donors (Lipinski definition) is 0. The molecule has 98 valence electrons. The summed E-state index contributed by atoms with van der Waals surface area (Å²) in [5.41, 5.74) is -0.0509. The molecule has 0 aliphatic heterocycles. The maximum absolute atomic E-state index is 14.0. The number of esters is 1. The van der Waals surface area contributed by atoms with E-state index in [-0.39, 0.29) is 0 Å². The normalized spacial score (nSPS) is 13.6. The highest BCUT2D eigenvalue weighted by Gasteiger charge is 2.34. The van der Waals surface area contributed by atoms with E-state index < -0.39 is 17.4 Å². The summed E-state index contributed by atoms with van der Waals surface area (Å²) in [6, 6.07) is 15.5. The molecule has 2 aromatic rings. The monoisotopic (exact) mass is 258 g/mol. The number of halogens is 1. The molecule has 0 aromatic heterocycles. The van der Waals surface area contributed by atoms with Crippen molar-refractivity contribution in [2.75, 3.05) is 0 Å². The highest BCUT2D eigenvalue weighted by Crippen LogP contribution is 2.34. The summed E-state index contributed by atoms with van der Waals surface area (Å²) >= 11 is 0. The second-order valence-corrected chi connectivity index (χ2v) is 4.47. The van der Waals surface area contributed by atoms with Crippen LogP contribution in [0.5, 0.6) is 0 Å². The fourth-order valence-corrected chi connectivity index (χ4v) is 2.16. The Hall–Kier alpha value is -2.16. The molecule has 0 unspecified atom stereocenters. The highest BCUT2D eigenvalue weighted by molar-refractivity contribution is 5.67. The zero-order chi connectivity index (χ0) is 13.9. The van der Waals surface area contributed by atoms with Crippen LogP contribution in [0, 0.1) is 5.82 Å². The van der Waals surface area contributed by atoms with Gasteiger partial charge >= 0.3 is 5.97 Å². The lowest BCUT2D eigenvalue weighted by atomic mass is 9.87. The fourth-order valence-electron chi connectivity index (χ4n) is 2.16.